The average molecular weight is 687 g/mol. The molecule has 0 saturated heterocycles. The van der Waals surface area contributed by atoms with E-state index in [1.165, 1.54) is 22.4 Å². The lowest BCUT2D eigenvalue weighted by atomic mass is 9.78. The summed E-state index contributed by atoms with van der Waals surface area (Å²) in [6, 6.07) is 64.4. The van der Waals surface area contributed by atoms with E-state index in [2.05, 4.69) is 115 Å². The minimum absolute atomic E-state index is 0.320. The summed E-state index contributed by atoms with van der Waals surface area (Å²) in [5.74, 6) is 0. The van der Waals surface area contributed by atoms with Crippen molar-refractivity contribution in [1.82, 2.24) is 0 Å². The molecule has 0 aliphatic carbocycles. The van der Waals surface area contributed by atoms with E-state index in [1.807, 2.05) is 72.8 Å². The summed E-state index contributed by atoms with van der Waals surface area (Å²) in [5, 5.41) is 6.89. The van der Waals surface area contributed by atoms with Crippen LogP contribution in [0.2, 0.25) is 0 Å². The third-order valence-corrected chi connectivity index (χ3v) is 11.3. The van der Waals surface area contributed by atoms with Crippen LogP contribution in [0.25, 0.3) is 88.0 Å². The van der Waals surface area contributed by atoms with Crippen LogP contribution in [0.1, 0.15) is 0 Å². The summed E-state index contributed by atoms with van der Waals surface area (Å²) >= 11 is 0. The lowest BCUT2D eigenvalue weighted by Gasteiger charge is -2.28. The van der Waals surface area contributed by atoms with Gasteiger partial charge in [0.25, 0.3) is 0 Å². The predicted octanol–water partition coefficient (Wildman–Crippen LogP) is 12.9. The molecule has 0 N–H and O–H groups in total. The second kappa shape index (κ2) is 12.8. The van der Waals surface area contributed by atoms with Gasteiger partial charge in [-0.1, -0.05) is 182 Å². The molecule has 9 rings (SSSR count). The Labute approximate surface area is 304 Å². The minimum Gasteiger partial charge on any atom is -0.224 e. The molecule has 9 aromatic rings. The van der Waals surface area contributed by atoms with Crippen molar-refractivity contribution in [2.24, 2.45) is 0 Å². The molecule has 0 amide bonds. The highest BCUT2D eigenvalue weighted by Gasteiger charge is 2.32. The molecule has 2 nitrogen and oxygen atoms in total. The van der Waals surface area contributed by atoms with E-state index in [0.29, 0.717) is 16.0 Å². The summed E-state index contributed by atoms with van der Waals surface area (Å²) in [5.41, 5.74) is 8.76. The van der Waals surface area contributed by atoms with Crippen LogP contribution in [0.15, 0.2) is 193 Å². The number of benzene rings is 9. The van der Waals surface area contributed by atoms with Crippen molar-refractivity contribution in [2.45, 2.75) is 4.90 Å². The second-order valence-corrected chi connectivity index (χ2v) is 15.2. The summed E-state index contributed by atoms with van der Waals surface area (Å²) < 4.78 is 29.4. The Kier molecular flexibility index (Phi) is 7.79. The van der Waals surface area contributed by atoms with Crippen LogP contribution in [0.3, 0.4) is 0 Å². The largest absolute Gasteiger partial charge is 0.224 e. The molecule has 0 radical (unpaired) electrons. The number of hydrogen-bond acceptors (Lipinski definition) is 2. The maximum absolute atomic E-state index is 14.7. The van der Waals surface area contributed by atoms with Crippen molar-refractivity contribution < 1.29 is 8.42 Å². The molecule has 0 saturated carbocycles. The first-order chi connectivity index (χ1) is 25.5. The maximum atomic E-state index is 14.7. The van der Waals surface area contributed by atoms with Crippen molar-refractivity contribution >= 4 is 42.2 Å². The maximum Gasteiger partial charge on any atom is 0.176 e. The molecule has 0 heterocycles. The van der Waals surface area contributed by atoms with Gasteiger partial charge in [0.05, 0.1) is 4.90 Å². The van der Waals surface area contributed by atoms with Crippen molar-refractivity contribution in [1.29, 1.82) is 0 Å². The molecule has 0 atom stereocenters. The van der Waals surface area contributed by atoms with Crippen molar-refractivity contribution in [3.8, 4) is 55.6 Å². The van der Waals surface area contributed by atoms with Gasteiger partial charge in [0.2, 0.25) is 0 Å². The monoisotopic (exact) mass is 686 g/mol. The van der Waals surface area contributed by atoms with Gasteiger partial charge >= 0.3 is 0 Å². The van der Waals surface area contributed by atoms with Crippen LogP contribution in [0, 0.1) is 0 Å². The van der Waals surface area contributed by atoms with E-state index in [0.717, 1.165) is 60.7 Å². The molecule has 0 fully saturated rings. The van der Waals surface area contributed by atoms with Gasteiger partial charge in [-0.25, -0.2) is 8.42 Å². The fourth-order valence-corrected chi connectivity index (χ4v) is 9.18. The van der Waals surface area contributed by atoms with Crippen molar-refractivity contribution in [2.75, 3.05) is 6.26 Å². The highest BCUT2D eigenvalue weighted by atomic mass is 32.2. The molecular formula is C49H34O2S. The zero-order valence-electron chi connectivity index (χ0n) is 28.6. The molecule has 0 aliphatic heterocycles. The highest BCUT2D eigenvalue weighted by Crippen LogP contribution is 2.54. The molecule has 52 heavy (non-hydrogen) atoms. The van der Waals surface area contributed by atoms with Crippen LogP contribution >= 0.6 is 0 Å². The van der Waals surface area contributed by atoms with Gasteiger partial charge in [-0.3, -0.25) is 0 Å². The SMILES string of the molecule is CS(=O)(=O)c1c(-c2ccccc2)c(-c2ccccc2)c(-c2ccccc2)c(-c2ccccc2)c1-c1ccc2c3ccccc3c3ccccc3c2c1. The Morgan fingerprint density at radius 2 is 0.577 bits per heavy atom. The van der Waals surface area contributed by atoms with Crippen molar-refractivity contribution in [3.63, 3.8) is 0 Å². The average Bonchev–Trinajstić information content (AvgIpc) is 3.20. The van der Waals surface area contributed by atoms with Gasteiger partial charge in [-0.15, -0.1) is 0 Å². The zero-order valence-corrected chi connectivity index (χ0v) is 29.4. The fraction of sp³-hybridized carbons (Fsp3) is 0.0204. The summed E-state index contributed by atoms with van der Waals surface area (Å²) in [6.07, 6.45) is 1.36. The van der Waals surface area contributed by atoms with Crippen LogP contribution in [-0.2, 0) is 9.84 Å². The predicted molar refractivity (Wildman–Crippen MR) is 219 cm³/mol. The fourth-order valence-electron chi connectivity index (χ4n) is 8.00. The van der Waals surface area contributed by atoms with Crippen LogP contribution in [0.5, 0.6) is 0 Å². The first-order valence-corrected chi connectivity index (χ1v) is 19.4. The smallest absolute Gasteiger partial charge is 0.176 e. The first kappa shape index (κ1) is 31.7. The second-order valence-electron chi connectivity index (χ2n) is 13.3. The Morgan fingerprint density at radius 3 is 0.962 bits per heavy atom. The molecule has 0 bridgehead atoms. The van der Waals surface area contributed by atoms with Gasteiger partial charge in [0.1, 0.15) is 0 Å². The quantitative estimate of drug-likeness (QED) is 0.163. The Hall–Kier alpha value is -6.29. The third kappa shape index (κ3) is 5.30. The molecule has 0 aromatic heterocycles. The van der Waals surface area contributed by atoms with E-state index in [4.69, 9.17) is 0 Å². The zero-order chi connectivity index (χ0) is 35.2. The summed E-state index contributed by atoms with van der Waals surface area (Å²) in [4.78, 5) is 0.320. The minimum atomic E-state index is -3.85. The van der Waals surface area contributed by atoms with Crippen LogP contribution in [0.4, 0.5) is 0 Å². The lowest BCUT2D eigenvalue weighted by Crippen LogP contribution is -2.08. The van der Waals surface area contributed by atoms with Crippen LogP contribution < -0.4 is 0 Å². The van der Waals surface area contributed by atoms with Crippen LogP contribution in [-0.4, -0.2) is 14.7 Å². The van der Waals surface area contributed by atoms with E-state index in [1.54, 1.807) is 0 Å². The van der Waals surface area contributed by atoms with Gasteiger partial charge < -0.3 is 0 Å². The standard InChI is InChI=1S/C49H34O2S/c1-52(50,51)49-47(36-24-12-5-13-25-36)45(34-20-8-3-9-21-34)44(33-18-6-2-7-19-33)46(35-22-10-4-11-23-35)48(49)37-30-31-42-40-28-15-14-26-38(40)39-27-16-17-29-41(39)43(42)32-37/h2-32H,1H3. The Bertz CT molecular complexity index is 2850. The van der Waals surface area contributed by atoms with Gasteiger partial charge in [0.15, 0.2) is 9.84 Å². The number of hydrogen-bond donors (Lipinski definition) is 0. The van der Waals surface area contributed by atoms with Gasteiger partial charge in [0, 0.05) is 17.4 Å². The number of fused-ring (bicyclic) bond motifs is 6. The van der Waals surface area contributed by atoms with Crippen molar-refractivity contribution in [3.05, 3.63) is 188 Å². The lowest BCUT2D eigenvalue weighted by molar-refractivity contribution is 0.602. The molecule has 0 unspecified atom stereocenters. The molecule has 248 valence electrons. The van der Waals surface area contributed by atoms with E-state index in [9.17, 15) is 8.42 Å². The number of sulfone groups is 1. The number of rotatable bonds is 6. The summed E-state index contributed by atoms with van der Waals surface area (Å²) in [6.45, 7) is 0. The first-order valence-electron chi connectivity index (χ1n) is 17.5. The Morgan fingerprint density at radius 1 is 0.288 bits per heavy atom. The van der Waals surface area contributed by atoms with Gasteiger partial charge in [-0.05, 0) is 82.9 Å². The molecule has 0 spiro atoms. The van der Waals surface area contributed by atoms with E-state index < -0.39 is 9.84 Å². The molecule has 3 heteroatoms. The Balaban J connectivity index is 1.56. The highest BCUT2D eigenvalue weighted by molar-refractivity contribution is 7.91. The van der Waals surface area contributed by atoms with E-state index >= 15 is 0 Å². The van der Waals surface area contributed by atoms with E-state index in [-0.39, 0.29) is 0 Å². The normalized spacial score (nSPS) is 11.7. The molecule has 0 aliphatic rings. The van der Waals surface area contributed by atoms with Gasteiger partial charge in [-0.2, -0.15) is 0 Å². The molecule has 9 aromatic carbocycles. The topological polar surface area (TPSA) is 34.1 Å². The summed E-state index contributed by atoms with van der Waals surface area (Å²) in [7, 11) is -3.85. The third-order valence-electron chi connectivity index (χ3n) is 10.1. The molecular weight excluding hydrogens is 653 g/mol.